The molecule has 1 amide bonds. The Hall–Kier alpha value is -0.360. The lowest BCUT2D eigenvalue weighted by molar-refractivity contribution is 0.0955. The van der Waals surface area contributed by atoms with E-state index < -0.39 is 0 Å². The highest BCUT2D eigenvalue weighted by Gasteiger charge is 2.11. The Bertz CT molecular complexity index is 548. The minimum absolute atomic E-state index is 0.0821. The van der Waals surface area contributed by atoms with Crippen LogP contribution in [0.4, 0.5) is 0 Å². The fourth-order valence-electron chi connectivity index (χ4n) is 1.33. The van der Waals surface area contributed by atoms with Gasteiger partial charge in [0, 0.05) is 16.0 Å². The van der Waals surface area contributed by atoms with Crippen LogP contribution in [-0.2, 0) is 6.54 Å². The summed E-state index contributed by atoms with van der Waals surface area (Å²) in [6.07, 6.45) is 0. The topological polar surface area (TPSA) is 29.1 Å². The summed E-state index contributed by atoms with van der Waals surface area (Å²) >= 11 is 13.9. The van der Waals surface area contributed by atoms with Crippen LogP contribution in [0, 0.1) is 0 Å². The molecule has 0 aliphatic carbocycles. The highest BCUT2D eigenvalue weighted by Crippen LogP contribution is 2.32. The third-order valence-electron chi connectivity index (χ3n) is 2.24. The highest BCUT2D eigenvalue weighted by atomic mass is 79.9. The molecule has 0 spiro atoms. The van der Waals surface area contributed by atoms with Crippen molar-refractivity contribution >= 4 is 60.7 Å². The van der Waals surface area contributed by atoms with E-state index in [1.165, 1.54) is 11.3 Å². The predicted molar refractivity (Wildman–Crippen MR) is 82.3 cm³/mol. The zero-order chi connectivity index (χ0) is 13.1. The first-order valence-corrected chi connectivity index (χ1v) is 7.82. The van der Waals surface area contributed by atoms with Crippen molar-refractivity contribution in [1.82, 2.24) is 5.32 Å². The number of rotatable bonds is 3. The molecule has 1 aromatic heterocycles. The van der Waals surface area contributed by atoms with Crippen molar-refractivity contribution in [3.8, 4) is 0 Å². The first-order valence-electron chi connectivity index (χ1n) is 5.04. The summed E-state index contributed by atoms with van der Waals surface area (Å²) in [5, 5.41) is 3.55. The molecule has 0 aliphatic heterocycles. The van der Waals surface area contributed by atoms with Crippen molar-refractivity contribution in [3.63, 3.8) is 0 Å². The van der Waals surface area contributed by atoms with Crippen LogP contribution in [0.15, 0.2) is 38.6 Å². The van der Waals surface area contributed by atoms with Crippen molar-refractivity contribution < 1.29 is 4.79 Å². The van der Waals surface area contributed by atoms with Gasteiger partial charge in [0.15, 0.2) is 0 Å². The van der Waals surface area contributed by atoms with Gasteiger partial charge in [0.2, 0.25) is 0 Å². The molecule has 2 nitrogen and oxygen atoms in total. The lowest BCUT2D eigenvalue weighted by atomic mass is 10.2. The first-order chi connectivity index (χ1) is 8.56. The number of hydrogen-bond donors (Lipinski definition) is 1. The summed E-state index contributed by atoms with van der Waals surface area (Å²) < 4.78 is 1.81. The average Bonchev–Trinajstić information content (AvgIpc) is 2.69. The molecule has 0 atom stereocenters. The minimum atomic E-state index is -0.0821. The lowest BCUT2D eigenvalue weighted by Gasteiger charge is -2.03. The standard InChI is InChI=1S/C12H8Br2ClNOS/c13-9-5-10(18-11(9)14)12(17)16-6-7-1-3-8(15)4-2-7/h1-5H,6H2,(H,16,17). The van der Waals surface area contributed by atoms with Gasteiger partial charge in [-0.2, -0.15) is 0 Å². The number of hydrogen-bond acceptors (Lipinski definition) is 2. The van der Waals surface area contributed by atoms with Crippen LogP contribution >= 0.6 is 54.8 Å². The Morgan fingerprint density at radius 2 is 1.94 bits per heavy atom. The van der Waals surface area contributed by atoms with E-state index in [4.69, 9.17) is 11.6 Å². The van der Waals surface area contributed by atoms with Crippen molar-refractivity contribution in [2.45, 2.75) is 6.54 Å². The van der Waals surface area contributed by atoms with Gasteiger partial charge in [-0.3, -0.25) is 4.79 Å². The zero-order valence-corrected chi connectivity index (χ0v) is 13.8. The third-order valence-corrected chi connectivity index (χ3v) is 5.74. The van der Waals surface area contributed by atoms with Crippen molar-refractivity contribution in [3.05, 3.63) is 54.1 Å². The molecule has 1 N–H and O–H groups in total. The molecular weight excluding hydrogens is 401 g/mol. The summed E-state index contributed by atoms with van der Waals surface area (Å²) in [7, 11) is 0. The number of thiophene rings is 1. The van der Waals surface area contributed by atoms with E-state index in [2.05, 4.69) is 37.2 Å². The van der Waals surface area contributed by atoms with Crippen LogP contribution in [0.25, 0.3) is 0 Å². The fraction of sp³-hybridized carbons (Fsp3) is 0.0833. The quantitative estimate of drug-likeness (QED) is 0.771. The van der Waals surface area contributed by atoms with Crippen molar-refractivity contribution in [2.24, 2.45) is 0 Å². The van der Waals surface area contributed by atoms with E-state index >= 15 is 0 Å². The van der Waals surface area contributed by atoms with Crippen LogP contribution in [0.2, 0.25) is 5.02 Å². The molecule has 0 radical (unpaired) electrons. The Labute approximate surface area is 131 Å². The minimum Gasteiger partial charge on any atom is -0.347 e. The normalized spacial score (nSPS) is 10.4. The smallest absolute Gasteiger partial charge is 0.261 e. The van der Waals surface area contributed by atoms with Gasteiger partial charge in [-0.15, -0.1) is 11.3 Å². The van der Waals surface area contributed by atoms with Gasteiger partial charge < -0.3 is 5.32 Å². The van der Waals surface area contributed by atoms with Crippen molar-refractivity contribution in [2.75, 3.05) is 0 Å². The molecule has 1 aromatic carbocycles. The van der Waals surface area contributed by atoms with E-state index in [9.17, 15) is 4.79 Å². The van der Waals surface area contributed by atoms with Crippen LogP contribution in [0.5, 0.6) is 0 Å². The van der Waals surface area contributed by atoms with Gasteiger partial charge in [-0.25, -0.2) is 0 Å². The van der Waals surface area contributed by atoms with Crippen LogP contribution in [0.1, 0.15) is 15.2 Å². The van der Waals surface area contributed by atoms with Crippen molar-refractivity contribution in [1.29, 1.82) is 0 Å². The summed E-state index contributed by atoms with van der Waals surface area (Å²) in [6, 6.07) is 9.19. The number of carbonyl (C=O) groups is 1. The third kappa shape index (κ3) is 3.57. The van der Waals surface area contributed by atoms with E-state index in [0.29, 0.717) is 16.4 Å². The maximum Gasteiger partial charge on any atom is 0.261 e. The molecule has 6 heteroatoms. The monoisotopic (exact) mass is 407 g/mol. The zero-order valence-electron chi connectivity index (χ0n) is 9.04. The maximum atomic E-state index is 11.9. The fourth-order valence-corrected chi connectivity index (χ4v) is 3.41. The second kappa shape index (κ2) is 6.19. The second-order valence-electron chi connectivity index (χ2n) is 3.54. The van der Waals surface area contributed by atoms with Gasteiger partial charge in [0.25, 0.3) is 5.91 Å². The molecule has 0 saturated heterocycles. The Kier molecular flexibility index (Phi) is 4.84. The second-order valence-corrected chi connectivity index (χ2v) is 7.20. The molecule has 94 valence electrons. The Morgan fingerprint density at radius 3 is 2.50 bits per heavy atom. The number of halogens is 3. The molecule has 2 aromatic rings. The van der Waals surface area contributed by atoms with E-state index in [1.54, 1.807) is 18.2 Å². The molecule has 0 fully saturated rings. The van der Waals surface area contributed by atoms with Gasteiger partial charge in [-0.05, 0) is 55.6 Å². The Morgan fingerprint density at radius 1 is 1.28 bits per heavy atom. The van der Waals surface area contributed by atoms with Crippen LogP contribution in [-0.4, -0.2) is 5.91 Å². The lowest BCUT2D eigenvalue weighted by Crippen LogP contribution is -2.21. The Balaban J connectivity index is 1.98. The van der Waals surface area contributed by atoms with Gasteiger partial charge >= 0.3 is 0 Å². The number of nitrogens with one attached hydrogen (secondary N) is 1. The van der Waals surface area contributed by atoms with Gasteiger partial charge in [0.05, 0.1) is 8.66 Å². The SMILES string of the molecule is O=C(NCc1ccc(Cl)cc1)c1cc(Br)c(Br)s1. The molecular formula is C12H8Br2ClNOS. The summed E-state index contributed by atoms with van der Waals surface area (Å²) in [4.78, 5) is 12.6. The largest absolute Gasteiger partial charge is 0.347 e. The molecule has 18 heavy (non-hydrogen) atoms. The molecule has 0 aliphatic rings. The van der Waals surface area contributed by atoms with E-state index in [0.717, 1.165) is 13.8 Å². The van der Waals surface area contributed by atoms with Crippen LogP contribution in [0.3, 0.4) is 0 Å². The van der Waals surface area contributed by atoms with E-state index in [-0.39, 0.29) is 5.91 Å². The number of benzene rings is 1. The molecule has 0 saturated carbocycles. The molecule has 2 rings (SSSR count). The van der Waals surface area contributed by atoms with Gasteiger partial charge in [-0.1, -0.05) is 23.7 Å². The maximum absolute atomic E-state index is 11.9. The van der Waals surface area contributed by atoms with Gasteiger partial charge in [0.1, 0.15) is 0 Å². The highest BCUT2D eigenvalue weighted by molar-refractivity contribution is 9.13. The first kappa shape index (κ1) is 14.1. The summed E-state index contributed by atoms with van der Waals surface area (Å²) in [5.41, 5.74) is 1.02. The predicted octanol–water partition coefficient (Wildman–Crippen LogP) is 4.86. The van der Waals surface area contributed by atoms with Crippen LogP contribution < -0.4 is 5.32 Å². The summed E-state index contributed by atoms with van der Waals surface area (Å²) in [6.45, 7) is 0.489. The summed E-state index contributed by atoms with van der Waals surface area (Å²) in [5.74, 6) is -0.0821. The number of amides is 1. The molecule has 0 unspecified atom stereocenters. The average molecular weight is 410 g/mol. The van der Waals surface area contributed by atoms with E-state index in [1.807, 2.05) is 12.1 Å². The number of carbonyl (C=O) groups excluding carboxylic acids is 1. The molecule has 0 bridgehead atoms. The molecule has 1 heterocycles.